The maximum absolute atomic E-state index is 12.4. The minimum atomic E-state index is -0.541. The van der Waals surface area contributed by atoms with Gasteiger partial charge in [-0.25, -0.2) is 0 Å². The lowest BCUT2D eigenvalue weighted by atomic mass is 10.1. The summed E-state index contributed by atoms with van der Waals surface area (Å²) in [4.78, 5) is 24.9. The molecule has 0 bridgehead atoms. The average molecular weight is 336 g/mol. The standard InChI is InChI=1S/C20H20N2O3/c1-15-6-5-7-16(12-15)13-21-10-11-22(20(24)19(21)23)14-17-8-3-4-9-18(17)25-2/h3-12H,13-14H2,1-2H3. The van der Waals surface area contributed by atoms with E-state index < -0.39 is 11.1 Å². The van der Waals surface area contributed by atoms with E-state index in [0.717, 1.165) is 16.7 Å². The van der Waals surface area contributed by atoms with E-state index in [1.165, 1.54) is 9.13 Å². The Morgan fingerprint density at radius 1 is 0.880 bits per heavy atom. The molecule has 5 heteroatoms. The van der Waals surface area contributed by atoms with E-state index in [-0.39, 0.29) is 0 Å². The lowest BCUT2D eigenvalue weighted by Crippen LogP contribution is -2.40. The molecule has 2 aromatic carbocycles. The van der Waals surface area contributed by atoms with Gasteiger partial charge >= 0.3 is 11.1 Å². The van der Waals surface area contributed by atoms with Gasteiger partial charge in [0.15, 0.2) is 0 Å². The van der Waals surface area contributed by atoms with E-state index in [9.17, 15) is 9.59 Å². The lowest BCUT2D eigenvalue weighted by molar-refractivity contribution is 0.408. The monoisotopic (exact) mass is 336 g/mol. The number of rotatable bonds is 5. The second-order valence-electron chi connectivity index (χ2n) is 5.97. The van der Waals surface area contributed by atoms with Crippen molar-refractivity contribution in [2.24, 2.45) is 0 Å². The summed E-state index contributed by atoms with van der Waals surface area (Å²) in [5, 5.41) is 0. The second-order valence-corrected chi connectivity index (χ2v) is 5.97. The molecule has 0 saturated heterocycles. The Hall–Kier alpha value is -3.08. The van der Waals surface area contributed by atoms with Gasteiger partial charge in [0.1, 0.15) is 5.75 Å². The summed E-state index contributed by atoms with van der Waals surface area (Å²) in [6.45, 7) is 2.67. The molecule has 0 atom stereocenters. The van der Waals surface area contributed by atoms with E-state index in [0.29, 0.717) is 18.8 Å². The molecule has 1 heterocycles. The summed E-state index contributed by atoms with van der Waals surface area (Å²) in [7, 11) is 1.58. The molecule has 0 N–H and O–H groups in total. The molecule has 0 aliphatic carbocycles. The minimum absolute atomic E-state index is 0.295. The highest BCUT2D eigenvalue weighted by Crippen LogP contribution is 2.17. The maximum atomic E-state index is 12.4. The number of aromatic nitrogens is 2. The second kappa shape index (κ2) is 7.21. The normalized spacial score (nSPS) is 10.6. The summed E-state index contributed by atoms with van der Waals surface area (Å²) in [5.74, 6) is 0.693. The fourth-order valence-electron chi connectivity index (χ4n) is 2.82. The zero-order chi connectivity index (χ0) is 17.8. The van der Waals surface area contributed by atoms with Gasteiger partial charge in [0.2, 0.25) is 0 Å². The molecule has 0 fully saturated rings. The zero-order valence-electron chi connectivity index (χ0n) is 14.3. The zero-order valence-corrected chi connectivity index (χ0v) is 14.3. The van der Waals surface area contributed by atoms with Crippen LogP contribution in [-0.2, 0) is 13.1 Å². The molecule has 0 amide bonds. The highest BCUT2D eigenvalue weighted by atomic mass is 16.5. The molecule has 0 radical (unpaired) electrons. The number of hydrogen-bond donors (Lipinski definition) is 0. The number of methoxy groups -OCH3 is 1. The number of aryl methyl sites for hydroxylation is 1. The van der Waals surface area contributed by atoms with Crippen molar-refractivity contribution in [3.63, 3.8) is 0 Å². The van der Waals surface area contributed by atoms with Crippen LogP contribution in [0.25, 0.3) is 0 Å². The molecule has 1 aromatic heterocycles. The number of nitrogens with zero attached hydrogens (tertiary/aromatic N) is 2. The van der Waals surface area contributed by atoms with Crippen molar-refractivity contribution >= 4 is 0 Å². The maximum Gasteiger partial charge on any atom is 0.316 e. The van der Waals surface area contributed by atoms with Crippen molar-refractivity contribution in [1.82, 2.24) is 9.13 Å². The van der Waals surface area contributed by atoms with Gasteiger partial charge in [-0.3, -0.25) is 9.59 Å². The van der Waals surface area contributed by atoms with Gasteiger partial charge in [-0.2, -0.15) is 0 Å². The van der Waals surface area contributed by atoms with Gasteiger partial charge in [0, 0.05) is 18.0 Å². The minimum Gasteiger partial charge on any atom is -0.496 e. The van der Waals surface area contributed by atoms with E-state index in [4.69, 9.17) is 4.74 Å². The van der Waals surface area contributed by atoms with Crippen molar-refractivity contribution in [2.75, 3.05) is 7.11 Å². The van der Waals surface area contributed by atoms with E-state index >= 15 is 0 Å². The van der Waals surface area contributed by atoms with Gasteiger partial charge in [-0.15, -0.1) is 0 Å². The molecule has 0 aliphatic rings. The topological polar surface area (TPSA) is 53.2 Å². The quantitative estimate of drug-likeness (QED) is 0.673. The fraction of sp³-hybridized carbons (Fsp3) is 0.200. The van der Waals surface area contributed by atoms with Crippen LogP contribution in [0.3, 0.4) is 0 Å². The van der Waals surface area contributed by atoms with Crippen LogP contribution in [-0.4, -0.2) is 16.2 Å². The van der Waals surface area contributed by atoms with Gasteiger partial charge in [-0.05, 0) is 18.6 Å². The SMILES string of the molecule is COc1ccccc1Cn1ccn(Cc2cccc(C)c2)c(=O)c1=O. The van der Waals surface area contributed by atoms with E-state index in [1.54, 1.807) is 19.5 Å². The number of para-hydroxylation sites is 1. The van der Waals surface area contributed by atoms with Gasteiger partial charge in [-0.1, -0.05) is 48.0 Å². The van der Waals surface area contributed by atoms with Crippen molar-refractivity contribution in [3.05, 3.63) is 98.3 Å². The van der Waals surface area contributed by atoms with Crippen molar-refractivity contribution in [1.29, 1.82) is 0 Å². The fourth-order valence-corrected chi connectivity index (χ4v) is 2.82. The highest BCUT2D eigenvalue weighted by Gasteiger charge is 2.08. The van der Waals surface area contributed by atoms with Gasteiger partial charge in [0.05, 0.1) is 20.2 Å². The summed E-state index contributed by atoms with van der Waals surface area (Å²) in [5.41, 5.74) is 1.89. The first-order valence-electron chi connectivity index (χ1n) is 8.06. The third-order valence-electron chi connectivity index (χ3n) is 4.10. The number of benzene rings is 2. The van der Waals surface area contributed by atoms with Crippen LogP contribution in [0.2, 0.25) is 0 Å². The van der Waals surface area contributed by atoms with Crippen LogP contribution in [0.5, 0.6) is 5.75 Å². The largest absolute Gasteiger partial charge is 0.496 e. The molecular formula is C20H20N2O3. The Bertz CT molecular complexity index is 1000. The molecule has 3 rings (SSSR count). The molecule has 0 unspecified atom stereocenters. The first kappa shape index (κ1) is 16.8. The Balaban J connectivity index is 1.90. The third kappa shape index (κ3) is 3.71. The molecule has 0 saturated carbocycles. The Kier molecular flexibility index (Phi) is 4.84. The lowest BCUT2D eigenvalue weighted by Gasteiger charge is -2.11. The highest BCUT2D eigenvalue weighted by molar-refractivity contribution is 5.33. The third-order valence-corrected chi connectivity index (χ3v) is 4.10. The molecule has 5 nitrogen and oxygen atoms in total. The molecule has 3 aromatic rings. The summed E-state index contributed by atoms with van der Waals surface area (Å²) in [6, 6.07) is 15.3. The first-order valence-corrected chi connectivity index (χ1v) is 8.06. The van der Waals surface area contributed by atoms with Gasteiger partial charge < -0.3 is 13.9 Å². The average Bonchev–Trinajstić information content (AvgIpc) is 2.62. The number of hydrogen-bond acceptors (Lipinski definition) is 3. The van der Waals surface area contributed by atoms with Crippen molar-refractivity contribution in [2.45, 2.75) is 20.0 Å². The van der Waals surface area contributed by atoms with Crippen LogP contribution in [0.15, 0.2) is 70.5 Å². The molecule has 25 heavy (non-hydrogen) atoms. The first-order chi connectivity index (χ1) is 12.1. The summed E-state index contributed by atoms with van der Waals surface area (Å²) >= 11 is 0. The summed E-state index contributed by atoms with van der Waals surface area (Å²) < 4.78 is 8.15. The molecule has 0 aliphatic heterocycles. The predicted octanol–water partition coefficient (Wildman–Crippen LogP) is 2.42. The molecule has 128 valence electrons. The van der Waals surface area contributed by atoms with E-state index in [1.807, 2.05) is 55.5 Å². The smallest absolute Gasteiger partial charge is 0.316 e. The van der Waals surface area contributed by atoms with Crippen LogP contribution in [0, 0.1) is 6.92 Å². The summed E-state index contributed by atoms with van der Waals surface area (Å²) in [6.07, 6.45) is 3.30. The van der Waals surface area contributed by atoms with Crippen LogP contribution >= 0.6 is 0 Å². The van der Waals surface area contributed by atoms with Crippen LogP contribution < -0.4 is 15.9 Å². The van der Waals surface area contributed by atoms with Crippen molar-refractivity contribution < 1.29 is 4.74 Å². The Labute approximate surface area is 145 Å². The Morgan fingerprint density at radius 2 is 1.56 bits per heavy atom. The number of ether oxygens (including phenoxy) is 1. The molecule has 0 spiro atoms. The molecular weight excluding hydrogens is 316 g/mol. The van der Waals surface area contributed by atoms with Gasteiger partial charge in [0.25, 0.3) is 0 Å². The Morgan fingerprint density at radius 3 is 2.24 bits per heavy atom. The van der Waals surface area contributed by atoms with Crippen LogP contribution in [0.4, 0.5) is 0 Å². The van der Waals surface area contributed by atoms with Crippen LogP contribution in [0.1, 0.15) is 16.7 Å². The van der Waals surface area contributed by atoms with Crippen molar-refractivity contribution in [3.8, 4) is 5.75 Å². The predicted molar refractivity (Wildman–Crippen MR) is 97.3 cm³/mol. The van der Waals surface area contributed by atoms with E-state index in [2.05, 4.69) is 0 Å².